The number of phenolic OH excluding ortho intramolecular Hbond substituents is 1. The van der Waals surface area contributed by atoms with Crippen molar-refractivity contribution in [2.45, 2.75) is 12.0 Å². The number of fused-ring (bicyclic) bond motifs is 1. The molecule has 0 saturated heterocycles. The molecule has 4 nitrogen and oxygen atoms in total. The largest absolute Gasteiger partial charge is 0.508 e. The average Bonchev–Trinajstić information content (AvgIpc) is 3.27. The molecule has 4 heteroatoms. The van der Waals surface area contributed by atoms with Gasteiger partial charge in [0.1, 0.15) is 29.1 Å². The molecule has 1 heterocycles. The number of ether oxygens (including phenoxy) is 3. The molecular formula is C30H26O4. The second-order valence-electron chi connectivity index (χ2n) is 8.28. The highest BCUT2D eigenvalue weighted by molar-refractivity contribution is 5.71. The van der Waals surface area contributed by atoms with E-state index < -0.39 is 0 Å². The topological polar surface area (TPSA) is 47.9 Å². The fourth-order valence-corrected chi connectivity index (χ4v) is 4.39. The van der Waals surface area contributed by atoms with Crippen molar-refractivity contribution in [2.24, 2.45) is 0 Å². The summed E-state index contributed by atoms with van der Waals surface area (Å²) >= 11 is 0. The van der Waals surface area contributed by atoms with Gasteiger partial charge in [-0.15, -0.1) is 0 Å². The van der Waals surface area contributed by atoms with Gasteiger partial charge >= 0.3 is 0 Å². The van der Waals surface area contributed by atoms with E-state index >= 15 is 0 Å². The minimum Gasteiger partial charge on any atom is -0.508 e. The van der Waals surface area contributed by atoms with E-state index in [1.165, 1.54) is 0 Å². The maximum absolute atomic E-state index is 9.76. The second kappa shape index (κ2) is 9.36. The van der Waals surface area contributed by atoms with Crippen LogP contribution in [0.4, 0.5) is 0 Å². The summed E-state index contributed by atoms with van der Waals surface area (Å²) in [4.78, 5) is 0. The molecule has 4 aromatic carbocycles. The summed E-state index contributed by atoms with van der Waals surface area (Å²) in [7, 11) is 3.34. The third-order valence-corrected chi connectivity index (χ3v) is 6.21. The number of methoxy groups -OCH3 is 2. The van der Waals surface area contributed by atoms with Gasteiger partial charge in [0.15, 0.2) is 0 Å². The summed E-state index contributed by atoms with van der Waals surface area (Å²) in [5.74, 6) is 2.79. The summed E-state index contributed by atoms with van der Waals surface area (Å²) in [6.45, 7) is 0. The van der Waals surface area contributed by atoms with Crippen molar-refractivity contribution in [2.75, 3.05) is 14.2 Å². The predicted molar refractivity (Wildman–Crippen MR) is 135 cm³/mol. The van der Waals surface area contributed by atoms with Gasteiger partial charge in [-0.25, -0.2) is 0 Å². The molecule has 0 spiro atoms. The molecule has 0 amide bonds. The van der Waals surface area contributed by atoms with Crippen LogP contribution in [0.2, 0.25) is 0 Å². The minimum absolute atomic E-state index is 0.0137. The van der Waals surface area contributed by atoms with Crippen LogP contribution in [0.25, 0.3) is 12.2 Å². The SMILES string of the molecule is COc1ccc(/C=C/c2ccc3c(c2)[C@@H](c2ccc(OC)cc2)[C@H](c2ccc(O)cc2)O3)cc1. The van der Waals surface area contributed by atoms with Crippen LogP contribution in [-0.2, 0) is 0 Å². The van der Waals surface area contributed by atoms with Gasteiger partial charge in [-0.05, 0) is 70.8 Å². The number of phenols is 1. The molecule has 0 fully saturated rings. The van der Waals surface area contributed by atoms with Crippen LogP contribution in [0.5, 0.6) is 23.0 Å². The fraction of sp³-hybridized carbons (Fsp3) is 0.133. The van der Waals surface area contributed by atoms with E-state index in [4.69, 9.17) is 14.2 Å². The molecule has 0 radical (unpaired) electrons. The number of benzene rings is 4. The van der Waals surface area contributed by atoms with Gasteiger partial charge in [-0.2, -0.15) is 0 Å². The number of hydrogen-bond donors (Lipinski definition) is 1. The van der Waals surface area contributed by atoms with Crippen molar-refractivity contribution < 1.29 is 19.3 Å². The third kappa shape index (κ3) is 4.35. The van der Waals surface area contributed by atoms with E-state index in [-0.39, 0.29) is 17.8 Å². The van der Waals surface area contributed by atoms with Gasteiger partial charge in [-0.3, -0.25) is 0 Å². The Balaban J connectivity index is 1.51. The molecule has 5 rings (SSSR count). The molecule has 0 aromatic heterocycles. The first-order valence-corrected chi connectivity index (χ1v) is 11.2. The Morgan fingerprint density at radius 1 is 0.676 bits per heavy atom. The van der Waals surface area contributed by atoms with Crippen molar-refractivity contribution in [3.8, 4) is 23.0 Å². The molecule has 1 N–H and O–H groups in total. The zero-order valence-electron chi connectivity index (χ0n) is 19.1. The lowest BCUT2D eigenvalue weighted by molar-refractivity contribution is 0.222. The van der Waals surface area contributed by atoms with E-state index in [0.717, 1.165) is 45.1 Å². The maximum atomic E-state index is 9.76. The van der Waals surface area contributed by atoms with Crippen LogP contribution in [0.3, 0.4) is 0 Å². The summed E-state index contributed by atoms with van der Waals surface area (Å²) in [5, 5.41) is 9.76. The van der Waals surface area contributed by atoms with Gasteiger partial charge in [0.05, 0.1) is 20.1 Å². The lowest BCUT2D eigenvalue weighted by atomic mass is 9.84. The second-order valence-corrected chi connectivity index (χ2v) is 8.28. The lowest BCUT2D eigenvalue weighted by Crippen LogP contribution is -2.11. The maximum Gasteiger partial charge on any atom is 0.135 e. The van der Waals surface area contributed by atoms with E-state index in [1.807, 2.05) is 54.6 Å². The molecule has 1 aliphatic rings. The molecule has 0 aliphatic carbocycles. The Hall–Kier alpha value is -4.18. The molecular weight excluding hydrogens is 424 g/mol. The van der Waals surface area contributed by atoms with Gasteiger partial charge in [0.25, 0.3) is 0 Å². The Kier molecular flexibility index (Phi) is 5.96. The van der Waals surface area contributed by atoms with Gasteiger partial charge in [0, 0.05) is 5.56 Å². The molecule has 34 heavy (non-hydrogen) atoms. The Labute approximate surface area is 199 Å². The van der Waals surface area contributed by atoms with Crippen molar-refractivity contribution in [3.05, 3.63) is 119 Å². The van der Waals surface area contributed by atoms with Gasteiger partial charge in [0.2, 0.25) is 0 Å². The standard InChI is InChI=1S/C30H26O4/c1-32-25-14-5-20(6-15-25)3-4-21-7-18-28-27(19-21)29(22-10-16-26(33-2)17-11-22)30(34-28)23-8-12-24(31)13-9-23/h3-19,29-31H,1-2H3/b4-3+/t29-,30+/m1/s1. The van der Waals surface area contributed by atoms with Gasteiger partial charge < -0.3 is 19.3 Å². The van der Waals surface area contributed by atoms with Crippen LogP contribution in [0.15, 0.2) is 91.0 Å². The van der Waals surface area contributed by atoms with Crippen molar-refractivity contribution in [1.29, 1.82) is 0 Å². The summed E-state index contributed by atoms with van der Waals surface area (Å²) in [6.07, 6.45) is 4.02. The first kappa shape index (κ1) is 21.7. The normalized spacial score (nSPS) is 16.8. The van der Waals surface area contributed by atoms with Crippen LogP contribution >= 0.6 is 0 Å². The molecule has 0 bridgehead atoms. The lowest BCUT2D eigenvalue weighted by Gasteiger charge is -2.20. The zero-order valence-corrected chi connectivity index (χ0v) is 19.1. The zero-order chi connectivity index (χ0) is 23.5. The predicted octanol–water partition coefficient (Wildman–Crippen LogP) is 6.85. The summed E-state index contributed by atoms with van der Waals surface area (Å²) in [5.41, 5.74) is 5.51. The first-order valence-electron chi connectivity index (χ1n) is 11.2. The Bertz CT molecular complexity index is 1290. The van der Waals surface area contributed by atoms with Crippen molar-refractivity contribution in [3.63, 3.8) is 0 Å². The highest BCUT2D eigenvalue weighted by atomic mass is 16.5. The number of hydrogen-bond acceptors (Lipinski definition) is 4. The Morgan fingerprint density at radius 3 is 1.88 bits per heavy atom. The summed E-state index contributed by atoms with van der Waals surface area (Å²) in [6, 6.07) is 29.7. The van der Waals surface area contributed by atoms with E-state index in [9.17, 15) is 5.11 Å². The molecule has 4 aromatic rings. The fourth-order valence-electron chi connectivity index (χ4n) is 4.39. The molecule has 0 unspecified atom stereocenters. The summed E-state index contributed by atoms with van der Waals surface area (Å²) < 4.78 is 17.1. The van der Waals surface area contributed by atoms with E-state index in [1.54, 1.807) is 26.4 Å². The van der Waals surface area contributed by atoms with E-state index in [2.05, 4.69) is 36.4 Å². The highest BCUT2D eigenvalue weighted by Crippen LogP contribution is 2.50. The van der Waals surface area contributed by atoms with Crippen LogP contribution < -0.4 is 14.2 Å². The Morgan fingerprint density at radius 2 is 1.24 bits per heavy atom. The first-order chi connectivity index (χ1) is 16.6. The van der Waals surface area contributed by atoms with Crippen LogP contribution in [0.1, 0.15) is 39.8 Å². The van der Waals surface area contributed by atoms with Crippen molar-refractivity contribution in [1.82, 2.24) is 0 Å². The van der Waals surface area contributed by atoms with Crippen molar-refractivity contribution >= 4 is 12.2 Å². The average molecular weight is 451 g/mol. The molecule has 2 atom stereocenters. The number of aromatic hydroxyl groups is 1. The number of rotatable bonds is 6. The van der Waals surface area contributed by atoms with Gasteiger partial charge in [-0.1, -0.05) is 54.6 Å². The van der Waals surface area contributed by atoms with Crippen LogP contribution in [-0.4, -0.2) is 19.3 Å². The highest BCUT2D eigenvalue weighted by Gasteiger charge is 2.36. The molecule has 1 aliphatic heterocycles. The monoisotopic (exact) mass is 450 g/mol. The minimum atomic E-state index is -0.190. The van der Waals surface area contributed by atoms with E-state index in [0.29, 0.717) is 0 Å². The molecule has 170 valence electrons. The van der Waals surface area contributed by atoms with Crippen LogP contribution in [0, 0.1) is 0 Å². The quantitative estimate of drug-likeness (QED) is 0.327. The molecule has 0 saturated carbocycles. The third-order valence-electron chi connectivity index (χ3n) is 6.21. The smallest absolute Gasteiger partial charge is 0.135 e.